The Bertz CT molecular complexity index is 927. The van der Waals surface area contributed by atoms with Crippen LogP contribution < -0.4 is 15.0 Å². The molecule has 2 aromatic heterocycles. The number of anilines is 2. The molecule has 0 atom stereocenters. The minimum atomic E-state index is -4.38. The lowest BCUT2D eigenvalue weighted by atomic mass is 10.2. The Morgan fingerprint density at radius 2 is 2.00 bits per heavy atom. The molecule has 0 spiro atoms. The first-order valence-electron chi connectivity index (χ1n) is 8.59. The van der Waals surface area contributed by atoms with Crippen molar-refractivity contribution in [2.24, 2.45) is 0 Å². The van der Waals surface area contributed by atoms with Gasteiger partial charge in [-0.1, -0.05) is 6.07 Å². The van der Waals surface area contributed by atoms with E-state index in [-0.39, 0.29) is 0 Å². The summed E-state index contributed by atoms with van der Waals surface area (Å²) < 4.78 is 44.2. The van der Waals surface area contributed by atoms with E-state index in [1.807, 2.05) is 25.5 Å². The van der Waals surface area contributed by atoms with Gasteiger partial charge in [0.1, 0.15) is 13.2 Å². The maximum atomic E-state index is 12.8. The molecule has 0 amide bonds. The van der Waals surface area contributed by atoms with E-state index in [4.69, 9.17) is 4.74 Å². The van der Waals surface area contributed by atoms with Crippen molar-refractivity contribution in [3.63, 3.8) is 0 Å². The number of alkyl halides is 3. The van der Waals surface area contributed by atoms with Crippen LogP contribution in [0.4, 0.5) is 24.0 Å². The Hall–Kier alpha value is -2.65. The highest BCUT2D eigenvalue weighted by Crippen LogP contribution is 2.33. The lowest BCUT2D eigenvalue weighted by molar-refractivity contribution is -0.858. The molecule has 0 fully saturated rings. The number of likely N-dealkylation sites (N-methyl/N-ethyl adjacent to an activating group) is 1. The lowest BCUT2D eigenvalue weighted by Gasteiger charge is -2.09. The topological polar surface area (TPSA) is 51.5 Å². The Morgan fingerprint density at radius 1 is 1.18 bits per heavy atom. The maximum absolute atomic E-state index is 12.8. The molecule has 28 heavy (non-hydrogen) atoms. The summed E-state index contributed by atoms with van der Waals surface area (Å²) in [6.45, 7) is 1.41. The van der Waals surface area contributed by atoms with Gasteiger partial charge in [0.25, 0.3) is 0 Å². The molecule has 2 N–H and O–H groups in total. The smallest absolute Gasteiger partial charge is 0.416 e. The van der Waals surface area contributed by atoms with Gasteiger partial charge in [-0.25, -0.2) is 9.97 Å². The van der Waals surface area contributed by atoms with Gasteiger partial charge in [-0.3, -0.25) is 0 Å². The van der Waals surface area contributed by atoms with E-state index < -0.39 is 11.7 Å². The van der Waals surface area contributed by atoms with Gasteiger partial charge in [-0.2, -0.15) is 13.2 Å². The minimum absolute atomic E-state index is 0.334. The maximum Gasteiger partial charge on any atom is 0.416 e. The molecule has 1 aromatic carbocycles. The summed E-state index contributed by atoms with van der Waals surface area (Å²) in [7, 11) is 4.09. The fourth-order valence-electron chi connectivity index (χ4n) is 2.37. The van der Waals surface area contributed by atoms with Crippen molar-refractivity contribution in [1.29, 1.82) is 0 Å². The summed E-state index contributed by atoms with van der Waals surface area (Å²) in [6.07, 6.45) is -2.74. The molecule has 0 radical (unpaired) electrons. The molecule has 9 heteroatoms. The van der Waals surface area contributed by atoms with E-state index in [1.54, 1.807) is 18.3 Å². The van der Waals surface area contributed by atoms with Gasteiger partial charge in [0.05, 0.1) is 25.4 Å². The highest BCUT2D eigenvalue weighted by Gasteiger charge is 2.30. The summed E-state index contributed by atoms with van der Waals surface area (Å²) in [5.41, 5.74) is 1.16. The number of hydrogen-bond acceptors (Lipinski definition) is 5. The van der Waals surface area contributed by atoms with Crippen molar-refractivity contribution in [2.45, 2.75) is 6.18 Å². The normalized spacial score (nSPS) is 11.6. The highest BCUT2D eigenvalue weighted by molar-refractivity contribution is 7.14. The van der Waals surface area contributed by atoms with E-state index in [0.29, 0.717) is 29.0 Å². The molecule has 0 bridgehead atoms. The van der Waals surface area contributed by atoms with Crippen molar-refractivity contribution in [3.8, 4) is 17.1 Å². The first-order valence-corrected chi connectivity index (χ1v) is 9.47. The van der Waals surface area contributed by atoms with Crippen molar-refractivity contribution in [1.82, 2.24) is 9.97 Å². The first-order chi connectivity index (χ1) is 13.3. The molecule has 148 valence electrons. The van der Waals surface area contributed by atoms with Crippen LogP contribution in [0.1, 0.15) is 5.56 Å². The number of benzene rings is 1. The van der Waals surface area contributed by atoms with Crippen molar-refractivity contribution < 1.29 is 22.8 Å². The second kappa shape index (κ2) is 8.57. The molecule has 2 heterocycles. The van der Waals surface area contributed by atoms with Gasteiger partial charge < -0.3 is 15.0 Å². The van der Waals surface area contributed by atoms with Gasteiger partial charge in [-0.15, -0.1) is 11.3 Å². The standard InChI is InChI=1S/C19H19F3N4OS/c1-26(2)8-9-27-17-10-13(6-7-23-17)16-12-28-18(25-16)24-15-5-3-4-14(11-15)19(20,21)22/h3-7,10-12H,8-9H2,1-2H3,(H,24,25)/p+1. The number of nitrogens with one attached hydrogen (secondary N) is 2. The summed E-state index contributed by atoms with van der Waals surface area (Å²) >= 11 is 1.31. The van der Waals surface area contributed by atoms with Gasteiger partial charge in [0.15, 0.2) is 5.13 Å². The van der Waals surface area contributed by atoms with Crippen LogP contribution in [0.15, 0.2) is 48.0 Å². The summed E-state index contributed by atoms with van der Waals surface area (Å²) in [4.78, 5) is 9.93. The molecule has 0 saturated heterocycles. The number of aromatic nitrogens is 2. The molecular weight excluding hydrogens is 389 g/mol. The van der Waals surface area contributed by atoms with Crippen LogP contribution in [0.3, 0.4) is 0 Å². The monoisotopic (exact) mass is 409 g/mol. The molecule has 0 aliphatic carbocycles. The van der Waals surface area contributed by atoms with Gasteiger partial charge in [0, 0.05) is 28.9 Å². The summed E-state index contributed by atoms with van der Waals surface area (Å²) in [5, 5.41) is 5.26. The largest absolute Gasteiger partial charge is 0.472 e. The fraction of sp³-hybridized carbons (Fsp3) is 0.263. The zero-order valence-electron chi connectivity index (χ0n) is 15.4. The zero-order chi connectivity index (χ0) is 20.1. The van der Waals surface area contributed by atoms with Crippen LogP contribution in [0, 0.1) is 0 Å². The Labute approximate surface area is 164 Å². The number of thiazole rings is 1. The van der Waals surface area contributed by atoms with Crippen LogP contribution in [0.2, 0.25) is 0 Å². The number of halogens is 3. The quantitative estimate of drug-likeness (QED) is 0.627. The molecule has 5 nitrogen and oxygen atoms in total. The number of rotatable bonds is 7. The van der Waals surface area contributed by atoms with Crippen LogP contribution in [0.5, 0.6) is 5.88 Å². The fourth-order valence-corrected chi connectivity index (χ4v) is 3.11. The molecule has 3 rings (SSSR count). The number of pyridine rings is 1. The van der Waals surface area contributed by atoms with E-state index in [1.165, 1.54) is 22.3 Å². The second-order valence-electron chi connectivity index (χ2n) is 6.43. The van der Waals surface area contributed by atoms with Crippen LogP contribution in [0.25, 0.3) is 11.3 Å². The number of hydrogen-bond donors (Lipinski definition) is 2. The van der Waals surface area contributed by atoms with Crippen LogP contribution in [-0.4, -0.2) is 37.2 Å². The van der Waals surface area contributed by atoms with Crippen molar-refractivity contribution >= 4 is 22.2 Å². The first kappa shape index (κ1) is 20.1. The number of ether oxygens (including phenoxy) is 1. The summed E-state index contributed by atoms with van der Waals surface area (Å²) in [6, 6.07) is 8.64. The van der Waals surface area contributed by atoms with Gasteiger partial charge >= 0.3 is 6.18 Å². The van der Waals surface area contributed by atoms with Gasteiger partial charge in [0.2, 0.25) is 5.88 Å². The Balaban J connectivity index is 1.71. The number of quaternary nitrogens is 1. The number of nitrogens with zero attached hydrogens (tertiary/aromatic N) is 2. The third-order valence-electron chi connectivity index (χ3n) is 3.83. The van der Waals surface area contributed by atoms with Crippen molar-refractivity contribution in [3.05, 3.63) is 53.5 Å². The average Bonchev–Trinajstić information content (AvgIpc) is 3.10. The zero-order valence-corrected chi connectivity index (χ0v) is 16.2. The van der Waals surface area contributed by atoms with E-state index in [9.17, 15) is 13.2 Å². The lowest BCUT2D eigenvalue weighted by Crippen LogP contribution is -3.06. The molecule has 0 saturated carbocycles. The SMILES string of the molecule is C[NH+](C)CCOc1cc(-c2csc(Nc3cccc(C(F)(F)F)c3)n2)ccn1. The molecule has 0 unspecified atom stereocenters. The van der Waals surface area contributed by atoms with E-state index >= 15 is 0 Å². The molecule has 0 aliphatic rings. The third kappa shape index (κ3) is 5.43. The van der Waals surface area contributed by atoms with Crippen LogP contribution >= 0.6 is 11.3 Å². The Kier molecular flexibility index (Phi) is 6.15. The Morgan fingerprint density at radius 3 is 2.75 bits per heavy atom. The van der Waals surface area contributed by atoms with E-state index in [0.717, 1.165) is 24.2 Å². The minimum Gasteiger partial charge on any atom is -0.472 e. The molecule has 3 aromatic rings. The third-order valence-corrected chi connectivity index (χ3v) is 4.59. The van der Waals surface area contributed by atoms with E-state index in [2.05, 4.69) is 15.3 Å². The highest BCUT2D eigenvalue weighted by atomic mass is 32.1. The van der Waals surface area contributed by atoms with Crippen molar-refractivity contribution in [2.75, 3.05) is 32.6 Å². The predicted molar refractivity (Wildman–Crippen MR) is 103 cm³/mol. The predicted octanol–water partition coefficient (Wildman–Crippen LogP) is 3.49. The molecular formula is C19H20F3N4OS+. The average molecular weight is 409 g/mol. The van der Waals surface area contributed by atoms with Gasteiger partial charge in [-0.05, 0) is 24.3 Å². The second-order valence-corrected chi connectivity index (χ2v) is 7.29. The summed E-state index contributed by atoms with van der Waals surface area (Å²) in [5.74, 6) is 0.513. The van der Waals surface area contributed by atoms with Crippen LogP contribution in [-0.2, 0) is 6.18 Å². The molecule has 0 aliphatic heterocycles.